The van der Waals surface area contributed by atoms with E-state index in [0.29, 0.717) is 5.56 Å². The lowest BCUT2D eigenvalue weighted by molar-refractivity contribution is 0.478. The van der Waals surface area contributed by atoms with E-state index < -0.39 is 11.6 Å². The molecule has 0 aromatic heterocycles. The molecule has 0 saturated heterocycles. The fourth-order valence-corrected chi connectivity index (χ4v) is 1.58. The first kappa shape index (κ1) is 12.8. The summed E-state index contributed by atoms with van der Waals surface area (Å²) in [6.45, 7) is 8.37. The predicted octanol–water partition coefficient (Wildman–Crippen LogP) is 3.58. The van der Waals surface area contributed by atoms with Crippen LogP contribution in [-0.2, 0) is 0 Å². The quantitative estimate of drug-likeness (QED) is 0.755. The van der Waals surface area contributed by atoms with Gasteiger partial charge in [-0.2, -0.15) is 0 Å². The van der Waals surface area contributed by atoms with Gasteiger partial charge in [-0.1, -0.05) is 31.2 Å². The van der Waals surface area contributed by atoms with E-state index in [1.807, 2.05) is 6.92 Å². The molecule has 1 unspecified atom stereocenters. The van der Waals surface area contributed by atoms with Crippen molar-refractivity contribution in [1.82, 2.24) is 5.32 Å². The van der Waals surface area contributed by atoms with Gasteiger partial charge in [-0.05, 0) is 26.0 Å². The lowest BCUT2D eigenvalue weighted by Gasteiger charge is -2.19. The third-order valence-corrected chi connectivity index (χ3v) is 2.38. The maximum absolute atomic E-state index is 13.6. The fourth-order valence-electron chi connectivity index (χ4n) is 1.58. The van der Waals surface area contributed by atoms with Gasteiger partial charge >= 0.3 is 0 Å². The zero-order valence-corrected chi connectivity index (χ0v) is 9.69. The first-order valence-corrected chi connectivity index (χ1v) is 5.40. The Balaban J connectivity index is 3.01. The molecule has 3 heteroatoms. The van der Waals surface area contributed by atoms with Crippen molar-refractivity contribution < 1.29 is 8.78 Å². The highest BCUT2D eigenvalue weighted by Crippen LogP contribution is 2.24. The Bertz CT molecular complexity index is 374. The van der Waals surface area contributed by atoms with Gasteiger partial charge < -0.3 is 5.32 Å². The molecule has 0 bridgehead atoms. The molecule has 0 heterocycles. The molecule has 0 saturated carbocycles. The molecule has 1 atom stereocenters. The molecular weight excluding hydrogens is 208 g/mol. The summed E-state index contributed by atoms with van der Waals surface area (Å²) in [5, 5.41) is 3.15. The summed E-state index contributed by atoms with van der Waals surface area (Å²) in [6, 6.07) is 3.89. The number of halogens is 2. The first-order valence-electron chi connectivity index (χ1n) is 5.40. The van der Waals surface area contributed by atoms with Crippen LogP contribution in [0.3, 0.4) is 0 Å². The van der Waals surface area contributed by atoms with E-state index in [9.17, 15) is 8.78 Å². The summed E-state index contributed by atoms with van der Waals surface area (Å²) in [7, 11) is 0. The van der Waals surface area contributed by atoms with Crippen LogP contribution in [0.2, 0.25) is 0 Å². The zero-order chi connectivity index (χ0) is 12.1. The third-order valence-electron chi connectivity index (χ3n) is 2.38. The summed E-state index contributed by atoms with van der Waals surface area (Å²) in [5.74, 6) is -1.61. The van der Waals surface area contributed by atoms with Gasteiger partial charge in [0.2, 0.25) is 0 Å². The van der Waals surface area contributed by atoms with Crippen LogP contribution in [0.15, 0.2) is 30.4 Å². The average Bonchev–Trinajstić information content (AvgIpc) is 2.24. The Hall–Kier alpha value is -1.22. The molecule has 0 fully saturated rings. The smallest absolute Gasteiger partial charge is 0.163 e. The van der Waals surface area contributed by atoms with Crippen LogP contribution in [0.4, 0.5) is 8.78 Å². The van der Waals surface area contributed by atoms with E-state index in [0.717, 1.165) is 24.6 Å². The van der Waals surface area contributed by atoms with Crippen LogP contribution < -0.4 is 5.32 Å². The van der Waals surface area contributed by atoms with Crippen molar-refractivity contribution in [3.63, 3.8) is 0 Å². The summed E-state index contributed by atoms with van der Waals surface area (Å²) in [5.41, 5.74) is 1.10. The van der Waals surface area contributed by atoms with Crippen LogP contribution in [0.25, 0.3) is 0 Å². The van der Waals surface area contributed by atoms with Crippen molar-refractivity contribution in [2.45, 2.75) is 26.3 Å². The lowest BCUT2D eigenvalue weighted by atomic mass is 10.00. The van der Waals surface area contributed by atoms with Gasteiger partial charge in [0, 0.05) is 5.56 Å². The predicted molar refractivity (Wildman–Crippen MR) is 62.2 cm³/mol. The van der Waals surface area contributed by atoms with Gasteiger partial charge in [-0.3, -0.25) is 0 Å². The van der Waals surface area contributed by atoms with E-state index in [1.54, 1.807) is 13.0 Å². The van der Waals surface area contributed by atoms with Gasteiger partial charge in [0.1, 0.15) is 0 Å². The Morgan fingerprint density at radius 1 is 1.44 bits per heavy atom. The molecule has 1 aromatic carbocycles. The topological polar surface area (TPSA) is 12.0 Å². The summed E-state index contributed by atoms with van der Waals surface area (Å²) in [4.78, 5) is 0. The van der Waals surface area contributed by atoms with Crippen molar-refractivity contribution >= 4 is 0 Å². The Kier molecular flexibility index (Phi) is 4.62. The summed E-state index contributed by atoms with van der Waals surface area (Å²) in [6.07, 6.45) is 0.931. The van der Waals surface area contributed by atoms with Gasteiger partial charge in [0.05, 0.1) is 6.04 Å². The maximum atomic E-state index is 13.6. The largest absolute Gasteiger partial charge is 0.306 e. The molecule has 1 nitrogen and oxygen atoms in total. The average molecular weight is 225 g/mol. The molecule has 1 N–H and O–H groups in total. The lowest BCUT2D eigenvalue weighted by Crippen LogP contribution is -2.24. The molecule has 1 aromatic rings. The highest BCUT2D eigenvalue weighted by molar-refractivity contribution is 5.28. The Labute approximate surface area is 95.2 Å². The summed E-state index contributed by atoms with van der Waals surface area (Å²) < 4.78 is 26.7. The molecule has 1 rings (SSSR count). The molecule has 0 aliphatic rings. The molecule has 0 amide bonds. The van der Waals surface area contributed by atoms with E-state index in [1.165, 1.54) is 6.07 Å². The number of hydrogen-bond acceptors (Lipinski definition) is 1. The van der Waals surface area contributed by atoms with Crippen molar-refractivity contribution in [2.24, 2.45) is 0 Å². The second-order valence-corrected chi connectivity index (χ2v) is 3.88. The van der Waals surface area contributed by atoms with E-state index in [-0.39, 0.29) is 6.04 Å². The van der Waals surface area contributed by atoms with Crippen LogP contribution in [0, 0.1) is 11.6 Å². The van der Waals surface area contributed by atoms with Gasteiger partial charge in [0.25, 0.3) is 0 Å². The van der Waals surface area contributed by atoms with Crippen LogP contribution >= 0.6 is 0 Å². The Morgan fingerprint density at radius 2 is 2.12 bits per heavy atom. The maximum Gasteiger partial charge on any atom is 0.163 e. The molecule has 0 aliphatic carbocycles. The Morgan fingerprint density at radius 3 is 2.69 bits per heavy atom. The fraction of sp³-hybridized carbons (Fsp3) is 0.385. The monoisotopic (exact) mass is 225 g/mol. The van der Waals surface area contributed by atoms with Gasteiger partial charge in [0.15, 0.2) is 11.6 Å². The number of nitrogens with one attached hydrogen (secondary N) is 1. The summed E-state index contributed by atoms with van der Waals surface area (Å²) >= 11 is 0. The number of benzene rings is 1. The van der Waals surface area contributed by atoms with Gasteiger partial charge in [-0.25, -0.2) is 8.78 Å². The molecule has 16 heavy (non-hydrogen) atoms. The highest BCUT2D eigenvalue weighted by Gasteiger charge is 2.17. The number of hydrogen-bond donors (Lipinski definition) is 1. The first-order chi connectivity index (χ1) is 7.57. The van der Waals surface area contributed by atoms with Crippen LogP contribution in [0.1, 0.15) is 31.9 Å². The van der Waals surface area contributed by atoms with E-state index in [2.05, 4.69) is 11.9 Å². The third kappa shape index (κ3) is 2.89. The standard InChI is InChI=1S/C13H17F2N/c1-4-8-16-13(9(2)3)10-6-5-7-11(14)12(10)15/h5-7,13,16H,2,4,8H2,1,3H3. The minimum Gasteiger partial charge on any atom is -0.306 e. The molecular formula is C13H17F2N. The van der Waals surface area contributed by atoms with Gasteiger partial charge in [-0.15, -0.1) is 0 Å². The molecule has 88 valence electrons. The van der Waals surface area contributed by atoms with Crippen molar-refractivity contribution in [3.05, 3.63) is 47.5 Å². The SMILES string of the molecule is C=C(C)C(NCCC)c1cccc(F)c1F. The number of rotatable bonds is 5. The minimum atomic E-state index is -0.818. The second kappa shape index (κ2) is 5.75. The van der Waals surface area contributed by atoms with E-state index >= 15 is 0 Å². The zero-order valence-electron chi connectivity index (χ0n) is 9.69. The van der Waals surface area contributed by atoms with E-state index in [4.69, 9.17) is 0 Å². The molecule has 0 aliphatic heterocycles. The van der Waals surface area contributed by atoms with Crippen LogP contribution in [0.5, 0.6) is 0 Å². The van der Waals surface area contributed by atoms with Crippen molar-refractivity contribution in [3.8, 4) is 0 Å². The van der Waals surface area contributed by atoms with Crippen molar-refractivity contribution in [1.29, 1.82) is 0 Å². The molecule has 0 radical (unpaired) electrons. The van der Waals surface area contributed by atoms with Crippen molar-refractivity contribution in [2.75, 3.05) is 6.54 Å². The highest BCUT2D eigenvalue weighted by atomic mass is 19.2. The second-order valence-electron chi connectivity index (χ2n) is 3.88. The normalized spacial score (nSPS) is 12.5. The van der Waals surface area contributed by atoms with Crippen LogP contribution in [-0.4, -0.2) is 6.54 Å². The minimum absolute atomic E-state index is 0.320. The molecule has 0 spiro atoms.